The summed E-state index contributed by atoms with van der Waals surface area (Å²) in [4.78, 5) is 0. The molecule has 0 saturated carbocycles. The normalized spacial score (nSPS) is 16.5. The van der Waals surface area contributed by atoms with E-state index in [1.165, 1.54) is 12.8 Å². The molecule has 1 nitrogen and oxygen atoms in total. The van der Waals surface area contributed by atoms with E-state index >= 15 is 0 Å². The second-order valence-electron chi connectivity index (χ2n) is 4.04. The number of rotatable bonds is 6. The van der Waals surface area contributed by atoms with Crippen molar-refractivity contribution in [2.24, 2.45) is 11.8 Å². The Morgan fingerprint density at radius 1 is 1.08 bits per heavy atom. The second kappa shape index (κ2) is 7.13. The van der Waals surface area contributed by atoms with Gasteiger partial charge in [0.05, 0.1) is 0 Å². The average molecular weight is 283 g/mol. The largest absolute Gasteiger partial charge is 0.306 e. The molecule has 0 spiro atoms. The van der Waals surface area contributed by atoms with E-state index in [2.05, 4.69) is 55.6 Å². The van der Waals surface area contributed by atoms with Crippen LogP contribution in [0.3, 0.4) is 0 Å². The maximum Gasteiger partial charge on any atom is 0.0481 e. The van der Waals surface area contributed by atoms with E-state index in [1.54, 1.807) is 0 Å². The molecule has 0 heterocycles. The molecule has 2 heteroatoms. The van der Waals surface area contributed by atoms with Gasteiger partial charge in [-0.25, -0.2) is 0 Å². The zero-order valence-corrected chi connectivity index (χ0v) is 10.9. The Hall–Kier alpha value is 0.690. The van der Waals surface area contributed by atoms with Gasteiger partial charge in [-0.05, 0) is 31.6 Å². The number of alkyl halides is 1. The highest BCUT2D eigenvalue weighted by molar-refractivity contribution is 14.1. The van der Waals surface area contributed by atoms with Gasteiger partial charge in [-0.2, -0.15) is 0 Å². The summed E-state index contributed by atoms with van der Waals surface area (Å²) in [5.41, 5.74) is 0. The third-order valence-electron chi connectivity index (χ3n) is 2.62. The first-order valence-electron chi connectivity index (χ1n) is 4.87. The zero-order chi connectivity index (χ0) is 9.56. The minimum absolute atomic E-state index is 0.683. The van der Waals surface area contributed by atoms with E-state index in [-0.39, 0.29) is 0 Å². The summed E-state index contributed by atoms with van der Waals surface area (Å²) < 4.78 is 1.06. The van der Waals surface area contributed by atoms with Crippen LogP contribution in [0.2, 0.25) is 0 Å². The van der Waals surface area contributed by atoms with E-state index in [0.29, 0.717) is 6.04 Å². The summed E-state index contributed by atoms with van der Waals surface area (Å²) in [6.45, 7) is 9.23. The van der Waals surface area contributed by atoms with Gasteiger partial charge in [0.25, 0.3) is 0 Å². The maximum atomic E-state index is 3.43. The third-order valence-corrected chi connectivity index (χ3v) is 3.06. The van der Waals surface area contributed by atoms with Crippen molar-refractivity contribution < 1.29 is 0 Å². The van der Waals surface area contributed by atoms with Crippen molar-refractivity contribution in [2.75, 3.05) is 4.55 Å². The minimum Gasteiger partial charge on any atom is -0.306 e. The molecule has 2 unspecified atom stereocenters. The van der Waals surface area contributed by atoms with Gasteiger partial charge < -0.3 is 5.32 Å². The van der Waals surface area contributed by atoms with Gasteiger partial charge in [0, 0.05) is 10.6 Å². The van der Waals surface area contributed by atoms with Gasteiger partial charge in [0.1, 0.15) is 0 Å². The van der Waals surface area contributed by atoms with Crippen molar-refractivity contribution in [3.63, 3.8) is 0 Å². The lowest BCUT2D eigenvalue weighted by Gasteiger charge is -2.18. The van der Waals surface area contributed by atoms with E-state index in [0.717, 1.165) is 16.4 Å². The van der Waals surface area contributed by atoms with Crippen molar-refractivity contribution >= 4 is 22.6 Å². The molecule has 1 N–H and O–H groups in total. The Balaban J connectivity index is 3.40. The Morgan fingerprint density at radius 3 is 2.08 bits per heavy atom. The molecule has 74 valence electrons. The smallest absolute Gasteiger partial charge is 0.0481 e. The van der Waals surface area contributed by atoms with Crippen molar-refractivity contribution in [3.05, 3.63) is 0 Å². The predicted octanol–water partition coefficient (Wildman–Crippen LogP) is 3.43. The summed E-state index contributed by atoms with van der Waals surface area (Å²) >= 11 is 2.36. The molecule has 0 aromatic heterocycles. The lowest BCUT2D eigenvalue weighted by molar-refractivity contribution is 0.361. The zero-order valence-electron chi connectivity index (χ0n) is 8.73. The van der Waals surface area contributed by atoms with Crippen LogP contribution in [0.25, 0.3) is 0 Å². The summed E-state index contributed by atoms with van der Waals surface area (Å²) in [6, 6.07) is 0.683. The predicted molar refractivity (Wildman–Crippen MR) is 64.7 cm³/mol. The Bertz CT molecular complexity index is 104. The molecule has 0 amide bonds. The van der Waals surface area contributed by atoms with E-state index in [4.69, 9.17) is 0 Å². The fourth-order valence-corrected chi connectivity index (χ4v) is 1.83. The fourth-order valence-electron chi connectivity index (χ4n) is 1.08. The lowest BCUT2D eigenvalue weighted by Crippen LogP contribution is -2.25. The standard InChI is InChI=1S/C10H22IN/c1-8(2)9(3)5-6-10(4)12-7-11/h8-10,12H,5-7H2,1-4H3. The SMILES string of the molecule is CC(CCC(C)C(C)C)NCI. The molecule has 0 saturated heterocycles. The van der Waals surface area contributed by atoms with Crippen molar-refractivity contribution in [1.82, 2.24) is 5.32 Å². The summed E-state index contributed by atoms with van der Waals surface area (Å²) in [5, 5.41) is 3.43. The van der Waals surface area contributed by atoms with Crippen LogP contribution in [0, 0.1) is 11.8 Å². The summed E-state index contributed by atoms with van der Waals surface area (Å²) in [5.74, 6) is 1.69. The third kappa shape index (κ3) is 6.23. The Kier molecular flexibility index (Phi) is 7.54. The average Bonchev–Trinajstić information content (AvgIpc) is 2.00. The first-order chi connectivity index (χ1) is 5.57. The first-order valence-corrected chi connectivity index (χ1v) is 6.39. The lowest BCUT2D eigenvalue weighted by atomic mass is 9.92. The highest BCUT2D eigenvalue weighted by Gasteiger charge is 2.08. The quantitative estimate of drug-likeness (QED) is 0.447. The van der Waals surface area contributed by atoms with E-state index < -0.39 is 0 Å². The maximum absolute atomic E-state index is 3.43. The molecule has 0 radical (unpaired) electrons. The highest BCUT2D eigenvalue weighted by Crippen LogP contribution is 2.16. The van der Waals surface area contributed by atoms with Crippen molar-refractivity contribution in [3.8, 4) is 0 Å². The molecule has 0 rings (SSSR count). The summed E-state index contributed by atoms with van der Waals surface area (Å²) in [6.07, 6.45) is 2.66. The molecule has 2 atom stereocenters. The van der Waals surface area contributed by atoms with Crippen LogP contribution in [0.5, 0.6) is 0 Å². The molecular weight excluding hydrogens is 261 g/mol. The first kappa shape index (κ1) is 12.7. The van der Waals surface area contributed by atoms with Crippen molar-refractivity contribution in [2.45, 2.75) is 46.6 Å². The molecule has 0 aromatic rings. The van der Waals surface area contributed by atoms with Crippen LogP contribution in [0.4, 0.5) is 0 Å². The highest BCUT2D eigenvalue weighted by atomic mass is 127. The molecule has 0 bridgehead atoms. The molecule has 0 aliphatic heterocycles. The van der Waals surface area contributed by atoms with Crippen LogP contribution < -0.4 is 5.32 Å². The second-order valence-corrected chi connectivity index (χ2v) is 4.80. The number of hydrogen-bond donors (Lipinski definition) is 1. The van der Waals surface area contributed by atoms with Crippen LogP contribution in [-0.4, -0.2) is 10.6 Å². The molecule has 0 aromatic carbocycles. The monoisotopic (exact) mass is 283 g/mol. The fraction of sp³-hybridized carbons (Fsp3) is 1.00. The van der Waals surface area contributed by atoms with Crippen LogP contribution in [-0.2, 0) is 0 Å². The number of nitrogens with one attached hydrogen (secondary N) is 1. The molecule has 0 aliphatic carbocycles. The van der Waals surface area contributed by atoms with Crippen LogP contribution in [0.1, 0.15) is 40.5 Å². The number of halogens is 1. The van der Waals surface area contributed by atoms with Gasteiger partial charge in [-0.15, -0.1) is 0 Å². The van der Waals surface area contributed by atoms with E-state index in [1.807, 2.05) is 0 Å². The molecule has 0 fully saturated rings. The van der Waals surface area contributed by atoms with E-state index in [9.17, 15) is 0 Å². The Morgan fingerprint density at radius 2 is 1.67 bits per heavy atom. The molecule has 0 aliphatic rings. The van der Waals surface area contributed by atoms with Crippen molar-refractivity contribution in [1.29, 1.82) is 0 Å². The number of hydrogen-bond acceptors (Lipinski definition) is 1. The van der Waals surface area contributed by atoms with Gasteiger partial charge in [0.15, 0.2) is 0 Å². The van der Waals surface area contributed by atoms with Gasteiger partial charge in [-0.3, -0.25) is 0 Å². The van der Waals surface area contributed by atoms with Gasteiger partial charge >= 0.3 is 0 Å². The van der Waals surface area contributed by atoms with Gasteiger partial charge in [-0.1, -0.05) is 43.4 Å². The molecule has 12 heavy (non-hydrogen) atoms. The van der Waals surface area contributed by atoms with Crippen LogP contribution in [0.15, 0.2) is 0 Å². The minimum atomic E-state index is 0.683. The van der Waals surface area contributed by atoms with Crippen LogP contribution >= 0.6 is 22.6 Å². The molecular formula is C10H22IN. The van der Waals surface area contributed by atoms with Gasteiger partial charge in [0.2, 0.25) is 0 Å². The summed E-state index contributed by atoms with van der Waals surface area (Å²) in [7, 11) is 0. The topological polar surface area (TPSA) is 12.0 Å². The Labute approximate surface area is 90.8 Å².